The molecule has 0 saturated heterocycles. The molecular formula is C19H20N4. The van der Waals surface area contributed by atoms with Crippen LogP contribution in [0.15, 0.2) is 36.4 Å². The Bertz CT molecular complexity index is 898. The number of nitriles is 1. The molecular weight excluding hydrogens is 284 g/mol. The van der Waals surface area contributed by atoms with Gasteiger partial charge in [0.2, 0.25) is 0 Å². The largest absolute Gasteiger partial charge is 0.399 e. The highest BCUT2D eigenvalue weighted by Gasteiger charge is 2.15. The van der Waals surface area contributed by atoms with E-state index in [2.05, 4.69) is 36.6 Å². The van der Waals surface area contributed by atoms with Gasteiger partial charge in [0, 0.05) is 17.8 Å². The Balaban J connectivity index is 2.25. The van der Waals surface area contributed by atoms with Gasteiger partial charge in [0.05, 0.1) is 23.0 Å². The number of benzene rings is 2. The average molecular weight is 304 g/mol. The van der Waals surface area contributed by atoms with Crippen LogP contribution in [0.5, 0.6) is 0 Å². The molecule has 1 heterocycles. The summed E-state index contributed by atoms with van der Waals surface area (Å²) < 4.78 is 2.14. The van der Waals surface area contributed by atoms with Crippen molar-refractivity contribution in [3.63, 3.8) is 0 Å². The highest BCUT2D eigenvalue weighted by Crippen LogP contribution is 2.28. The molecule has 0 aliphatic carbocycles. The van der Waals surface area contributed by atoms with Crippen molar-refractivity contribution in [1.29, 1.82) is 5.26 Å². The lowest BCUT2D eigenvalue weighted by atomic mass is 10.1. The molecule has 1 atom stereocenters. The highest BCUT2D eigenvalue weighted by atomic mass is 15.1. The molecule has 23 heavy (non-hydrogen) atoms. The number of aromatic nitrogens is 2. The number of hydrogen-bond acceptors (Lipinski definition) is 3. The molecule has 0 amide bonds. The second-order valence-corrected chi connectivity index (χ2v) is 6.12. The Morgan fingerprint density at radius 1 is 1.17 bits per heavy atom. The van der Waals surface area contributed by atoms with Crippen LogP contribution in [0, 0.1) is 31.1 Å². The summed E-state index contributed by atoms with van der Waals surface area (Å²) in [6, 6.07) is 14.3. The molecule has 0 fully saturated rings. The number of hydrogen-bond donors (Lipinski definition) is 1. The Kier molecular flexibility index (Phi) is 3.79. The third-order valence-corrected chi connectivity index (χ3v) is 4.21. The Morgan fingerprint density at radius 2 is 1.83 bits per heavy atom. The van der Waals surface area contributed by atoms with Crippen LogP contribution in [-0.4, -0.2) is 9.55 Å². The zero-order chi connectivity index (χ0) is 16.6. The minimum Gasteiger partial charge on any atom is -0.399 e. The number of nitrogens with zero attached hydrogens (tertiary/aromatic N) is 3. The molecule has 1 unspecified atom stereocenters. The summed E-state index contributed by atoms with van der Waals surface area (Å²) in [6.45, 7) is 6.74. The van der Waals surface area contributed by atoms with E-state index in [-0.39, 0.29) is 5.92 Å². The van der Waals surface area contributed by atoms with Crippen LogP contribution in [0.25, 0.3) is 22.4 Å². The number of imidazole rings is 1. The van der Waals surface area contributed by atoms with Crippen LogP contribution in [0.1, 0.15) is 18.1 Å². The maximum atomic E-state index is 9.20. The number of nitrogens with two attached hydrogens (primary N) is 1. The maximum absolute atomic E-state index is 9.20. The summed E-state index contributed by atoms with van der Waals surface area (Å²) in [4.78, 5) is 4.81. The third-order valence-electron chi connectivity index (χ3n) is 4.21. The molecule has 2 N–H and O–H groups in total. The van der Waals surface area contributed by atoms with Crippen LogP contribution in [-0.2, 0) is 6.54 Å². The highest BCUT2D eigenvalue weighted by molar-refractivity contribution is 5.82. The Labute approximate surface area is 136 Å². The van der Waals surface area contributed by atoms with E-state index in [1.807, 2.05) is 31.2 Å². The zero-order valence-corrected chi connectivity index (χ0v) is 13.7. The van der Waals surface area contributed by atoms with Gasteiger partial charge < -0.3 is 10.3 Å². The fourth-order valence-corrected chi connectivity index (χ4v) is 2.73. The lowest BCUT2D eigenvalue weighted by Crippen LogP contribution is -2.07. The molecule has 3 aromatic rings. The van der Waals surface area contributed by atoms with E-state index in [0.717, 1.165) is 28.1 Å². The first kappa shape index (κ1) is 15.1. The van der Waals surface area contributed by atoms with Gasteiger partial charge in [-0.3, -0.25) is 0 Å². The number of nitrogen functional groups attached to an aromatic ring is 1. The van der Waals surface area contributed by atoms with Crippen LogP contribution in [0.2, 0.25) is 0 Å². The van der Waals surface area contributed by atoms with E-state index in [0.29, 0.717) is 6.54 Å². The van der Waals surface area contributed by atoms with Crippen molar-refractivity contribution in [3.8, 4) is 17.5 Å². The van der Waals surface area contributed by atoms with Crippen LogP contribution >= 0.6 is 0 Å². The molecule has 1 aromatic heterocycles. The Hall–Kier alpha value is -2.80. The first-order chi connectivity index (χ1) is 11.0. The molecule has 0 spiro atoms. The fraction of sp³-hybridized carbons (Fsp3) is 0.263. The van der Waals surface area contributed by atoms with Crippen molar-refractivity contribution in [2.45, 2.75) is 27.3 Å². The predicted octanol–water partition coefficient (Wildman–Crippen LogP) is 4.06. The fourth-order valence-electron chi connectivity index (χ4n) is 2.73. The van der Waals surface area contributed by atoms with E-state index in [1.165, 1.54) is 11.1 Å². The van der Waals surface area contributed by atoms with E-state index in [4.69, 9.17) is 10.7 Å². The van der Waals surface area contributed by atoms with Crippen LogP contribution < -0.4 is 5.73 Å². The van der Waals surface area contributed by atoms with Gasteiger partial charge in [-0.2, -0.15) is 5.26 Å². The monoisotopic (exact) mass is 304 g/mol. The molecule has 4 heteroatoms. The summed E-state index contributed by atoms with van der Waals surface area (Å²) in [5, 5.41) is 9.20. The quantitative estimate of drug-likeness (QED) is 0.742. The molecule has 3 rings (SSSR count). The second kappa shape index (κ2) is 5.77. The normalized spacial score (nSPS) is 12.3. The second-order valence-electron chi connectivity index (χ2n) is 6.12. The molecule has 0 radical (unpaired) electrons. The van der Waals surface area contributed by atoms with Crippen molar-refractivity contribution in [2.24, 2.45) is 5.92 Å². The summed E-state index contributed by atoms with van der Waals surface area (Å²) in [5.74, 6) is 0.800. The number of aryl methyl sites for hydroxylation is 2. The molecule has 0 aliphatic rings. The smallest absolute Gasteiger partial charge is 0.141 e. The van der Waals surface area contributed by atoms with Crippen molar-refractivity contribution in [3.05, 3.63) is 47.5 Å². The number of rotatable bonds is 3. The molecule has 0 bridgehead atoms. The number of fused-ring (bicyclic) bond motifs is 1. The molecule has 2 aromatic carbocycles. The summed E-state index contributed by atoms with van der Waals surface area (Å²) in [6.07, 6.45) is 0. The van der Waals surface area contributed by atoms with Crippen molar-refractivity contribution in [2.75, 3.05) is 5.73 Å². The van der Waals surface area contributed by atoms with Gasteiger partial charge in [0.25, 0.3) is 0 Å². The van der Waals surface area contributed by atoms with Gasteiger partial charge in [-0.05, 0) is 68.3 Å². The summed E-state index contributed by atoms with van der Waals surface area (Å²) in [7, 11) is 0. The van der Waals surface area contributed by atoms with Crippen LogP contribution in [0.3, 0.4) is 0 Å². The summed E-state index contributed by atoms with van der Waals surface area (Å²) in [5.41, 5.74) is 12.0. The average Bonchev–Trinajstić information content (AvgIpc) is 2.86. The minimum atomic E-state index is -0.0819. The molecule has 4 nitrogen and oxygen atoms in total. The lowest BCUT2D eigenvalue weighted by molar-refractivity contribution is 0.597. The molecule has 116 valence electrons. The first-order valence-electron chi connectivity index (χ1n) is 7.72. The predicted molar refractivity (Wildman–Crippen MR) is 93.8 cm³/mol. The van der Waals surface area contributed by atoms with Gasteiger partial charge >= 0.3 is 0 Å². The minimum absolute atomic E-state index is 0.0819. The van der Waals surface area contributed by atoms with Crippen molar-refractivity contribution in [1.82, 2.24) is 9.55 Å². The first-order valence-corrected chi connectivity index (χ1v) is 7.72. The summed E-state index contributed by atoms with van der Waals surface area (Å²) >= 11 is 0. The standard InChI is InChI=1S/C19H20N4/c1-12(10-20)11-23-18-9-14(3)13(2)8-17(18)22-19(23)15-4-6-16(21)7-5-15/h4-9,12H,11,21H2,1-3H3. The van der Waals surface area contributed by atoms with E-state index < -0.39 is 0 Å². The van der Waals surface area contributed by atoms with E-state index in [1.54, 1.807) is 0 Å². The molecule has 0 aliphatic heterocycles. The van der Waals surface area contributed by atoms with Crippen molar-refractivity contribution < 1.29 is 0 Å². The van der Waals surface area contributed by atoms with Gasteiger partial charge in [-0.15, -0.1) is 0 Å². The van der Waals surface area contributed by atoms with Crippen molar-refractivity contribution >= 4 is 16.7 Å². The van der Waals surface area contributed by atoms with E-state index in [9.17, 15) is 5.26 Å². The third kappa shape index (κ3) is 2.78. The van der Waals surface area contributed by atoms with Gasteiger partial charge in [-0.25, -0.2) is 4.98 Å². The molecule has 0 saturated carbocycles. The Morgan fingerprint density at radius 3 is 2.48 bits per heavy atom. The van der Waals surface area contributed by atoms with Gasteiger partial charge in [0.15, 0.2) is 0 Å². The topological polar surface area (TPSA) is 67.6 Å². The van der Waals surface area contributed by atoms with E-state index >= 15 is 0 Å². The van der Waals surface area contributed by atoms with Gasteiger partial charge in [0.1, 0.15) is 5.82 Å². The zero-order valence-electron chi connectivity index (χ0n) is 13.7. The maximum Gasteiger partial charge on any atom is 0.141 e. The van der Waals surface area contributed by atoms with Crippen LogP contribution in [0.4, 0.5) is 5.69 Å². The SMILES string of the molecule is Cc1cc2nc(-c3ccc(N)cc3)n(CC(C)C#N)c2cc1C. The lowest BCUT2D eigenvalue weighted by Gasteiger charge is -2.11. The van der Waals surface area contributed by atoms with Gasteiger partial charge in [-0.1, -0.05) is 0 Å². The number of anilines is 1.